The van der Waals surface area contributed by atoms with Crippen molar-refractivity contribution in [3.05, 3.63) is 64.6 Å². The molecule has 4 rings (SSSR count). The van der Waals surface area contributed by atoms with Crippen LogP contribution in [0.1, 0.15) is 31.4 Å². The molecule has 1 aliphatic carbocycles. The number of aromatic amines is 1. The van der Waals surface area contributed by atoms with Gasteiger partial charge in [-0.25, -0.2) is 10.1 Å². The average molecular weight is 421 g/mol. The van der Waals surface area contributed by atoms with Gasteiger partial charge < -0.3 is 4.98 Å². The second-order valence-electron chi connectivity index (χ2n) is 6.85. The zero-order chi connectivity index (χ0) is 19.2. The Morgan fingerprint density at radius 1 is 1.14 bits per heavy atom. The molecule has 9 heteroatoms. The Morgan fingerprint density at radius 2 is 1.82 bits per heavy atom. The van der Waals surface area contributed by atoms with Crippen molar-refractivity contribution in [1.29, 1.82) is 0 Å². The Balaban J connectivity index is 0.00000225. The summed E-state index contributed by atoms with van der Waals surface area (Å²) in [5.41, 5.74) is 3.12. The second kappa shape index (κ2) is 7.63. The van der Waals surface area contributed by atoms with Gasteiger partial charge in [-0.15, -0.1) is 12.4 Å². The smallest absolute Gasteiger partial charge is 0.277 e. The third-order valence-corrected chi connectivity index (χ3v) is 6.12. The van der Waals surface area contributed by atoms with Gasteiger partial charge in [-0.1, -0.05) is 24.3 Å². The van der Waals surface area contributed by atoms with Crippen molar-refractivity contribution >= 4 is 33.6 Å². The quantitative estimate of drug-likeness (QED) is 0.661. The van der Waals surface area contributed by atoms with E-state index in [0.29, 0.717) is 5.65 Å². The van der Waals surface area contributed by atoms with Crippen LogP contribution >= 0.6 is 12.4 Å². The van der Waals surface area contributed by atoms with Gasteiger partial charge in [-0.05, 0) is 48.6 Å². The molecule has 3 N–H and O–H groups in total. The number of rotatable bonds is 5. The van der Waals surface area contributed by atoms with Gasteiger partial charge in [0.15, 0.2) is 0 Å². The maximum Gasteiger partial charge on any atom is 0.277 e. The fraction of sp³-hybridized carbons (Fsp3) is 0.263. The third-order valence-electron chi connectivity index (χ3n) is 4.92. The number of nitrogens with two attached hydrogens (primary N) is 1. The number of hydrogen-bond acceptors (Lipinski definition) is 4. The SMILES string of the molecule is CC(c1ccc(-c2ccnc3[nH]c(=O)ccc23)cc1)N(C1CC1)S(N)(=O)=O.Cl. The molecule has 3 aromatic rings. The molecule has 1 atom stereocenters. The van der Waals surface area contributed by atoms with Gasteiger partial charge in [0.25, 0.3) is 10.2 Å². The van der Waals surface area contributed by atoms with Crippen molar-refractivity contribution in [1.82, 2.24) is 14.3 Å². The maximum atomic E-state index is 12.0. The van der Waals surface area contributed by atoms with E-state index in [-0.39, 0.29) is 30.0 Å². The molecular weight excluding hydrogens is 400 g/mol. The first kappa shape index (κ1) is 20.5. The van der Waals surface area contributed by atoms with Crippen LogP contribution in [0.15, 0.2) is 53.5 Å². The van der Waals surface area contributed by atoms with Gasteiger partial charge in [0.2, 0.25) is 5.56 Å². The van der Waals surface area contributed by atoms with E-state index in [1.54, 1.807) is 12.3 Å². The standard InChI is InChI=1S/C19H20N4O3S.ClH/c1-12(23(15-6-7-15)27(20,25)26)13-2-4-14(5-3-13)16-10-11-21-19-17(16)8-9-18(24)22-19;/h2-5,8-12,15H,6-7H2,1H3,(H2,20,25,26)(H,21,22,24);1H. The minimum atomic E-state index is -3.75. The first-order valence-corrected chi connectivity index (χ1v) is 10.2. The Bertz CT molecular complexity index is 1160. The van der Waals surface area contributed by atoms with Crippen LogP contribution in [0.25, 0.3) is 22.2 Å². The molecule has 1 aromatic carbocycles. The highest BCUT2D eigenvalue weighted by Crippen LogP contribution is 2.36. The molecule has 0 spiro atoms. The van der Waals surface area contributed by atoms with Gasteiger partial charge in [-0.2, -0.15) is 12.7 Å². The normalized spacial score (nSPS) is 15.4. The van der Waals surface area contributed by atoms with Crippen molar-refractivity contribution < 1.29 is 8.42 Å². The summed E-state index contributed by atoms with van der Waals surface area (Å²) in [6.45, 7) is 1.85. The lowest BCUT2D eigenvalue weighted by Gasteiger charge is -2.26. The molecule has 7 nitrogen and oxygen atoms in total. The maximum absolute atomic E-state index is 12.0. The summed E-state index contributed by atoms with van der Waals surface area (Å²) in [5, 5.41) is 6.27. The number of fused-ring (bicyclic) bond motifs is 1. The molecule has 2 heterocycles. The third kappa shape index (κ3) is 3.95. The van der Waals surface area contributed by atoms with Crippen LogP contribution in [0.5, 0.6) is 0 Å². The Hall–Kier alpha value is -2.26. The van der Waals surface area contributed by atoms with Crippen LogP contribution in [0.2, 0.25) is 0 Å². The lowest BCUT2D eigenvalue weighted by molar-refractivity contribution is 0.334. The number of nitrogens with one attached hydrogen (secondary N) is 1. The highest BCUT2D eigenvalue weighted by atomic mass is 35.5. The second-order valence-corrected chi connectivity index (χ2v) is 8.30. The fourth-order valence-corrected chi connectivity index (χ4v) is 4.66. The van der Waals surface area contributed by atoms with E-state index in [1.807, 2.05) is 37.3 Å². The monoisotopic (exact) mass is 420 g/mol. The Labute approximate surface area is 169 Å². The zero-order valence-electron chi connectivity index (χ0n) is 15.2. The van der Waals surface area contributed by atoms with E-state index in [4.69, 9.17) is 5.14 Å². The van der Waals surface area contributed by atoms with Crippen molar-refractivity contribution in [3.63, 3.8) is 0 Å². The Morgan fingerprint density at radius 3 is 2.43 bits per heavy atom. The zero-order valence-corrected chi connectivity index (χ0v) is 16.8. The topological polar surface area (TPSA) is 109 Å². The van der Waals surface area contributed by atoms with Crippen molar-refractivity contribution in [2.75, 3.05) is 0 Å². The lowest BCUT2D eigenvalue weighted by Crippen LogP contribution is -2.40. The predicted molar refractivity (Wildman–Crippen MR) is 111 cm³/mol. The van der Waals surface area contributed by atoms with E-state index < -0.39 is 10.2 Å². The molecule has 1 unspecified atom stereocenters. The molecule has 0 bridgehead atoms. The van der Waals surface area contributed by atoms with Crippen molar-refractivity contribution in [2.45, 2.75) is 31.8 Å². The van der Waals surface area contributed by atoms with Gasteiger partial charge in [0.1, 0.15) is 5.65 Å². The van der Waals surface area contributed by atoms with E-state index in [2.05, 4.69) is 9.97 Å². The van der Waals surface area contributed by atoms with Gasteiger partial charge in [0, 0.05) is 29.7 Å². The summed E-state index contributed by atoms with van der Waals surface area (Å²) in [4.78, 5) is 18.4. The summed E-state index contributed by atoms with van der Waals surface area (Å²) in [5.74, 6) is 0. The molecule has 2 aromatic heterocycles. The van der Waals surface area contributed by atoms with Crippen LogP contribution < -0.4 is 10.7 Å². The van der Waals surface area contributed by atoms with Crippen LogP contribution in [0, 0.1) is 0 Å². The van der Waals surface area contributed by atoms with E-state index in [0.717, 1.165) is 34.9 Å². The summed E-state index contributed by atoms with van der Waals surface area (Å²) in [7, 11) is -3.75. The number of halogens is 1. The fourth-order valence-electron chi connectivity index (χ4n) is 3.47. The summed E-state index contributed by atoms with van der Waals surface area (Å²) in [6.07, 6.45) is 3.35. The number of hydrogen-bond donors (Lipinski definition) is 2. The average Bonchev–Trinajstić information content (AvgIpc) is 3.44. The number of pyridine rings is 2. The lowest BCUT2D eigenvalue weighted by atomic mass is 9.99. The Kier molecular flexibility index (Phi) is 5.58. The largest absolute Gasteiger partial charge is 0.307 e. The van der Waals surface area contributed by atoms with Crippen molar-refractivity contribution in [2.24, 2.45) is 5.14 Å². The van der Waals surface area contributed by atoms with E-state index in [1.165, 1.54) is 10.4 Å². The number of benzene rings is 1. The molecule has 0 amide bonds. The summed E-state index contributed by atoms with van der Waals surface area (Å²) < 4.78 is 25.3. The van der Waals surface area contributed by atoms with Crippen LogP contribution in [0.3, 0.4) is 0 Å². The summed E-state index contributed by atoms with van der Waals surface area (Å²) in [6, 6.07) is 12.5. The van der Waals surface area contributed by atoms with Gasteiger partial charge >= 0.3 is 0 Å². The highest BCUT2D eigenvalue weighted by molar-refractivity contribution is 7.86. The van der Waals surface area contributed by atoms with Crippen molar-refractivity contribution in [3.8, 4) is 11.1 Å². The number of nitrogens with zero attached hydrogens (tertiary/aromatic N) is 2. The van der Waals surface area contributed by atoms with Crippen LogP contribution in [0.4, 0.5) is 0 Å². The molecule has 1 aliphatic rings. The molecule has 148 valence electrons. The van der Waals surface area contributed by atoms with E-state index >= 15 is 0 Å². The van der Waals surface area contributed by atoms with Crippen LogP contribution in [-0.4, -0.2) is 28.7 Å². The molecule has 0 saturated heterocycles. The summed E-state index contributed by atoms with van der Waals surface area (Å²) >= 11 is 0. The number of H-pyrrole nitrogens is 1. The molecule has 28 heavy (non-hydrogen) atoms. The highest BCUT2D eigenvalue weighted by Gasteiger charge is 2.39. The van der Waals surface area contributed by atoms with Crippen LogP contribution in [-0.2, 0) is 10.2 Å². The van der Waals surface area contributed by atoms with Gasteiger partial charge in [-0.3, -0.25) is 4.79 Å². The predicted octanol–water partition coefficient (Wildman–Crippen LogP) is 2.74. The molecule has 1 saturated carbocycles. The van der Waals surface area contributed by atoms with E-state index in [9.17, 15) is 13.2 Å². The first-order chi connectivity index (χ1) is 12.8. The molecule has 0 radical (unpaired) electrons. The molecular formula is C19H21ClN4O3S. The minimum Gasteiger partial charge on any atom is -0.307 e. The van der Waals surface area contributed by atoms with Gasteiger partial charge in [0.05, 0.1) is 0 Å². The first-order valence-electron chi connectivity index (χ1n) is 8.74. The molecule has 0 aliphatic heterocycles. The molecule has 1 fully saturated rings. The number of aromatic nitrogens is 2. The minimum absolute atomic E-state index is 0.